The highest BCUT2D eigenvalue weighted by atomic mass is 16.5. The highest BCUT2D eigenvalue weighted by molar-refractivity contribution is 6.08. The van der Waals surface area contributed by atoms with E-state index in [0.29, 0.717) is 12.9 Å². The van der Waals surface area contributed by atoms with E-state index in [-0.39, 0.29) is 11.9 Å². The smallest absolute Gasteiger partial charge is 0.308 e. The van der Waals surface area contributed by atoms with Gasteiger partial charge >= 0.3 is 5.97 Å². The molecule has 0 bridgehead atoms. The van der Waals surface area contributed by atoms with Gasteiger partial charge in [-0.05, 0) is 6.42 Å². The summed E-state index contributed by atoms with van der Waals surface area (Å²) in [6.45, 7) is 4.14. The molecule has 10 heavy (non-hydrogen) atoms. The van der Waals surface area contributed by atoms with Gasteiger partial charge in [-0.3, -0.25) is 4.79 Å². The van der Waals surface area contributed by atoms with E-state index >= 15 is 0 Å². The van der Waals surface area contributed by atoms with Crippen LogP contribution in [-0.4, -0.2) is 20.4 Å². The second kappa shape index (κ2) is 5.33. The predicted octanol–water partition coefficient (Wildman–Crippen LogP) is 1.16. The molecular formula is C7H13BO2. The Kier molecular flexibility index (Phi) is 5.08. The molecule has 0 spiro atoms. The molecule has 0 aliphatic rings. The third kappa shape index (κ3) is 3.54. The Hall–Kier alpha value is -0.465. The molecule has 2 radical (unpaired) electrons. The Bertz CT molecular complexity index is 104. The first-order valence-corrected chi connectivity index (χ1v) is 3.59. The van der Waals surface area contributed by atoms with Crippen LogP contribution in [0.4, 0.5) is 0 Å². The van der Waals surface area contributed by atoms with E-state index in [9.17, 15) is 4.79 Å². The molecule has 0 aliphatic carbocycles. The van der Waals surface area contributed by atoms with Crippen LogP contribution in [0.2, 0.25) is 6.32 Å². The first-order chi connectivity index (χ1) is 4.72. The van der Waals surface area contributed by atoms with Gasteiger partial charge in [-0.15, -0.1) is 0 Å². The number of rotatable bonds is 4. The summed E-state index contributed by atoms with van der Waals surface area (Å²) in [5.41, 5.74) is 0. The van der Waals surface area contributed by atoms with Crippen molar-refractivity contribution in [3.63, 3.8) is 0 Å². The Labute approximate surface area is 63.4 Å². The highest BCUT2D eigenvalue weighted by Crippen LogP contribution is 2.02. The summed E-state index contributed by atoms with van der Waals surface area (Å²) in [5, 5.41) is 0. The lowest BCUT2D eigenvalue weighted by molar-refractivity contribution is -0.147. The molecule has 3 heteroatoms. The minimum Gasteiger partial charge on any atom is -0.466 e. The van der Waals surface area contributed by atoms with Crippen LogP contribution in [0.5, 0.6) is 0 Å². The van der Waals surface area contributed by atoms with E-state index in [0.717, 1.165) is 6.42 Å². The molecule has 0 aromatic carbocycles. The minimum atomic E-state index is -0.145. The molecule has 0 heterocycles. The molecular weight excluding hydrogens is 127 g/mol. The summed E-state index contributed by atoms with van der Waals surface area (Å²) in [6.07, 6.45) is 1.23. The summed E-state index contributed by atoms with van der Waals surface area (Å²) in [5.74, 6) is -0.139. The minimum absolute atomic E-state index is 0.00606. The Morgan fingerprint density at radius 3 is 2.70 bits per heavy atom. The molecule has 0 aromatic rings. The van der Waals surface area contributed by atoms with E-state index in [1.54, 1.807) is 0 Å². The van der Waals surface area contributed by atoms with Crippen molar-refractivity contribution in [1.29, 1.82) is 0 Å². The quantitative estimate of drug-likeness (QED) is 0.432. The molecule has 2 nitrogen and oxygen atoms in total. The molecule has 56 valence electrons. The fraction of sp³-hybridized carbons (Fsp3) is 0.857. The van der Waals surface area contributed by atoms with Crippen molar-refractivity contribution in [2.24, 2.45) is 5.92 Å². The Morgan fingerprint density at radius 1 is 1.70 bits per heavy atom. The van der Waals surface area contributed by atoms with Crippen molar-refractivity contribution in [3.05, 3.63) is 0 Å². The van der Waals surface area contributed by atoms with Gasteiger partial charge in [0.25, 0.3) is 0 Å². The molecule has 1 unspecified atom stereocenters. The maximum Gasteiger partial charge on any atom is 0.308 e. The second-order valence-electron chi connectivity index (χ2n) is 2.27. The summed E-state index contributed by atoms with van der Waals surface area (Å²) in [4.78, 5) is 10.9. The van der Waals surface area contributed by atoms with Gasteiger partial charge in [-0.1, -0.05) is 20.2 Å². The lowest BCUT2D eigenvalue weighted by Gasteiger charge is -2.07. The van der Waals surface area contributed by atoms with Gasteiger partial charge in [0.15, 0.2) is 0 Å². The third-order valence-corrected chi connectivity index (χ3v) is 1.38. The van der Waals surface area contributed by atoms with Crippen molar-refractivity contribution in [2.75, 3.05) is 6.61 Å². The molecule has 0 saturated carbocycles. The van der Waals surface area contributed by atoms with Crippen LogP contribution in [0.3, 0.4) is 0 Å². The van der Waals surface area contributed by atoms with Crippen molar-refractivity contribution < 1.29 is 9.53 Å². The molecule has 0 fully saturated rings. The first-order valence-electron chi connectivity index (χ1n) is 3.59. The van der Waals surface area contributed by atoms with Gasteiger partial charge in [0, 0.05) is 0 Å². The standard InChI is InChI=1S/C7H13BO2/c1-3-6(2)7(9)10-5-4-8/h6H,3-5H2,1-2H3. The first kappa shape index (κ1) is 9.53. The van der Waals surface area contributed by atoms with E-state index in [1.165, 1.54) is 0 Å². The lowest BCUT2D eigenvalue weighted by atomic mass is 10.1. The van der Waals surface area contributed by atoms with E-state index < -0.39 is 0 Å². The molecule has 0 rings (SSSR count). The van der Waals surface area contributed by atoms with Gasteiger partial charge < -0.3 is 4.74 Å². The van der Waals surface area contributed by atoms with Crippen LogP contribution in [0.1, 0.15) is 20.3 Å². The number of carbonyl (C=O) groups is 1. The molecule has 0 amide bonds. The number of hydrogen-bond donors (Lipinski definition) is 0. The zero-order valence-electron chi connectivity index (χ0n) is 6.59. The maximum atomic E-state index is 10.9. The molecule has 0 saturated heterocycles. The fourth-order valence-electron chi connectivity index (χ4n) is 0.468. The van der Waals surface area contributed by atoms with Crippen molar-refractivity contribution in [1.82, 2.24) is 0 Å². The van der Waals surface area contributed by atoms with E-state index in [2.05, 4.69) is 0 Å². The average molecular weight is 140 g/mol. The number of carbonyl (C=O) groups excluding carboxylic acids is 1. The van der Waals surface area contributed by atoms with Crippen LogP contribution >= 0.6 is 0 Å². The normalized spacial score (nSPS) is 12.6. The molecule has 0 N–H and O–H groups in total. The van der Waals surface area contributed by atoms with Crippen LogP contribution in [-0.2, 0) is 9.53 Å². The number of ether oxygens (including phenoxy) is 1. The lowest BCUT2D eigenvalue weighted by Crippen LogP contribution is -2.14. The van der Waals surface area contributed by atoms with Crippen molar-refractivity contribution in [3.8, 4) is 0 Å². The number of hydrogen-bond acceptors (Lipinski definition) is 2. The molecule has 0 aliphatic heterocycles. The topological polar surface area (TPSA) is 26.3 Å². The van der Waals surface area contributed by atoms with E-state index in [1.807, 2.05) is 13.8 Å². The van der Waals surface area contributed by atoms with Gasteiger partial charge in [-0.2, -0.15) is 0 Å². The molecule has 1 atom stereocenters. The Balaban J connectivity index is 3.42. The van der Waals surface area contributed by atoms with Crippen LogP contribution < -0.4 is 0 Å². The van der Waals surface area contributed by atoms with Gasteiger partial charge in [-0.25, -0.2) is 0 Å². The summed E-state index contributed by atoms with van der Waals surface area (Å²) < 4.78 is 4.78. The van der Waals surface area contributed by atoms with Crippen LogP contribution in [0.15, 0.2) is 0 Å². The zero-order chi connectivity index (χ0) is 7.98. The van der Waals surface area contributed by atoms with Crippen LogP contribution in [0, 0.1) is 5.92 Å². The highest BCUT2D eigenvalue weighted by Gasteiger charge is 2.10. The largest absolute Gasteiger partial charge is 0.466 e. The summed E-state index contributed by atoms with van der Waals surface area (Å²) in [6, 6.07) is 0. The number of esters is 1. The second-order valence-corrected chi connectivity index (χ2v) is 2.27. The monoisotopic (exact) mass is 140 g/mol. The van der Waals surface area contributed by atoms with Crippen molar-refractivity contribution in [2.45, 2.75) is 26.6 Å². The van der Waals surface area contributed by atoms with Gasteiger partial charge in [0.1, 0.15) is 0 Å². The van der Waals surface area contributed by atoms with Gasteiger partial charge in [0.2, 0.25) is 0 Å². The van der Waals surface area contributed by atoms with Gasteiger partial charge in [0.05, 0.1) is 20.4 Å². The summed E-state index contributed by atoms with van der Waals surface area (Å²) in [7, 11) is 5.14. The van der Waals surface area contributed by atoms with Crippen molar-refractivity contribution >= 4 is 13.8 Å². The molecule has 0 aromatic heterocycles. The zero-order valence-corrected chi connectivity index (χ0v) is 6.59. The predicted molar refractivity (Wildman–Crippen MR) is 41.0 cm³/mol. The Morgan fingerprint density at radius 2 is 2.30 bits per heavy atom. The maximum absolute atomic E-state index is 10.9. The van der Waals surface area contributed by atoms with Crippen LogP contribution in [0.25, 0.3) is 0 Å². The SMILES string of the molecule is [B]CCOC(=O)C(C)CC. The third-order valence-electron chi connectivity index (χ3n) is 1.38. The van der Waals surface area contributed by atoms with E-state index in [4.69, 9.17) is 12.6 Å². The fourth-order valence-corrected chi connectivity index (χ4v) is 0.468. The summed E-state index contributed by atoms with van der Waals surface area (Å²) >= 11 is 0. The average Bonchev–Trinajstić information content (AvgIpc) is 1.98.